The van der Waals surface area contributed by atoms with E-state index in [-0.39, 0.29) is 18.1 Å². The summed E-state index contributed by atoms with van der Waals surface area (Å²) in [5.74, 6) is -0.0146. The van der Waals surface area contributed by atoms with Crippen LogP contribution in [-0.2, 0) is 4.79 Å². The van der Waals surface area contributed by atoms with Gasteiger partial charge in [-0.3, -0.25) is 9.59 Å². The van der Waals surface area contributed by atoms with Crippen molar-refractivity contribution in [2.75, 3.05) is 6.54 Å². The van der Waals surface area contributed by atoms with E-state index < -0.39 is 5.24 Å². The van der Waals surface area contributed by atoms with Crippen LogP contribution >= 0.6 is 11.6 Å². The Hall–Kier alpha value is -1.29. The summed E-state index contributed by atoms with van der Waals surface area (Å²) in [5.41, 5.74) is 0. The number of furan rings is 1. The van der Waals surface area contributed by atoms with Crippen molar-refractivity contribution < 1.29 is 14.0 Å². The lowest BCUT2D eigenvalue weighted by molar-refractivity contribution is -0.111. The van der Waals surface area contributed by atoms with Gasteiger partial charge < -0.3 is 9.73 Å². The molecule has 1 heterocycles. The molecule has 1 rings (SSSR count). The maximum atomic E-state index is 11.2. The topological polar surface area (TPSA) is 59.3 Å². The molecule has 1 N–H and O–H groups in total. The fourth-order valence-corrected chi connectivity index (χ4v) is 1.06. The van der Waals surface area contributed by atoms with Gasteiger partial charge in [-0.25, -0.2) is 0 Å². The minimum absolute atomic E-state index is 0.264. The summed E-state index contributed by atoms with van der Waals surface area (Å²) in [4.78, 5) is 21.6. The van der Waals surface area contributed by atoms with Crippen LogP contribution in [0.1, 0.15) is 23.4 Å². The quantitative estimate of drug-likeness (QED) is 0.599. The van der Waals surface area contributed by atoms with Gasteiger partial charge in [0.15, 0.2) is 5.76 Å². The molecule has 14 heavy (non-hydrogen) atoms. The molecule has 0 fully saturated rings. The Morgan fingerprint density at radius 3 is 2.86 bits per heavy atom. The highest BCUT2D eigenvalue weighted by molar-refractivity contribution is 6.63. The molecule has 1 aromatic heterocycles. The van der Waals surface area contributed by atoms with Crippen molar-refractivity contribution in [3.63, 3.8) is 0 Å². The molecule has 76 valence electrons. The third kappa shape index (κ3) is 3.62. The Balaban J connectivity index is 2.19. The lowest BCUT2D eigenvalue weighted by Gasteiger charge is -2.00. The number of amides is 1. The molecule has 0 aliphatic rings. The third-order valence-corrected chi connectivity index (χ3v) is 1.77. The van der Waals surface area contributed by atoms with Gasteiger partial charge in [-0.05, 0) is 30.2 Å². The highest BCUT2D eigenvalue weighted by Crippen LogP contribution is 1.99. The largest absolute Gasteiger partial charge is 0.459 e. The van der Waals surface area contributed by atoms with Gasteiger partial charge in [0.25, 0.3) is 5.91 Å². The average Bonchev–Trinajstić information content (AvgIpc) is 2.64. The summed E-state index contributed by atoms with van der Waals surface area (Å²) >= 11 is 5.12. The number of rotatable bonds is 5. The Morgan fingerprint density at radius 2 is 2.29 bits per heavy atom. The molecule has 0 aliphatic heterocycles. The molecule has 1 aromatic rings. The van der Waals surface area contributed by atoms with Crippen molar-refractivity contribution in [2.24, 2.45) is 0 Å². The summed E-state index contributed by atoms with van der Waals surface area (Å²) < 4.78 is 4.87. The second-order valence-corrected chi connectivity index (χ2v) is 3.11. The standard InChI is InChI=1S/C9H10ClNO3/c10-8(12)4-1-5-11-9(13)7-3-2-6-14-7/h2-3,6H,1,4-5H2,(H,11,13). The van der Waals surface area contributed by atoms with Crippen LogP contribution in [0.15, 0.2) is 22.8 Å². The van der Waals surface area contributed by atoms with Gasteiger partial charge in [-0.15, -0.1) is 0 Å². The highest BCUT2D eigenvalue weighted by atomic mass is 35.5. The van der Waals surface area contributed by atoms with Crippen LogP contribution in [-0.4, -0.2) is 17.7 Å². The Kier molecular flexibility index (Phi) is 4.19. The van der Waals surface area contributed by atoms with Gasteiger partial charge in [0.1, 0.15) is 0 Å². The van der Waals surface area contributed by atoms with E-state index in [9.17, 15) is 9.59 Å². The smallest absolute Gasteiger partial charge is 0.286 e. The van der Waals surface area contributed by atoms with Crippen LogP contribution in [0.2, 0.25) is 0 Å². The Bertz CT molecular complexity index is 308. The zero-order valence-corrected chi connectivity index (χ0v) is 8.21. The highest BCUT2D eigenvalue weighted by Gasteiger charge is 2.06. The fraction of sp³-hybridized carbons (Fsp3) is 0.333. The molecule has 0 aliphatic carbocycles. The van der Waals surface area contributed by atoms with Gasteiger partial charge in [-0.2, -0.15) is 0 Å². The molecule has 0 radical (unpaired) electrons. The monoisotopic (exact) mass is 215 g/mol. The van der Waals surface area contributed by atoms with Crippen LogP contribution < -0.4 is 5.32 Å². The van der Waals surface area contributed by atoms with Crippen molar-refractivity contribution in [1.29, 1.82) is 0 Å². The number of hydrogen-bond acceptors (Lipinski definition) is 3. The molecular weight excluding hydrogens is 206 g/mol. The number of hydrogen-bond donors (Lipinski definition) is 1. The summed E-state index contributed by atoms with van der Waals surface area (Å²) in [6.45, 7) is 0.415. The van der Waals surface area contributed by atoms with Crippen molar-refractivity contribution in [3.05, 3.63) is 24.2 Å². The summed E-state index contributed by atoms with van der Waals surface area (Å²) in [7, 11) is 0. The normalized spacial score (nSPS) is 9.79. The van der Waals surface area contributed by atoms with Crippen LogP contribution in [0.3, 0.4) is 0 Å². The molecule has 0 atom stereocenters. The molecule has 5 heteroatoms. The first-order valence-electron chi connectivity index (χ1n) is 4.20. The minimum Gasteiger partial charge on any atom is -0.459 e. The lowest BCUT2D eigenvalue weighted by atomic mass is 10.3. The van der Waals surface area contributed by atoms with Gasteiger partial charge in [-0.1, -0.05) is 0 Å². The Labute approximate surface area is 86.2 Å². The SMILES string of the molecule is O=C(Cl)CCCNC(=O)c1ccco1. The van der Waals surface area contributed by atoms with E-state index in [1.165, 1.54) is 6.26 Å². The van der Waals surface area contributed by atoms with Crippen LogP contribution in [0.5, 0.6) is 0 Å². The van der Waals surface area contributed by atoms with Crippen molar-refractivity contribution >= 4 is 22.8 Å². The van der Waals surface area contributed by atoms with Crippen molar-refractivity contribution in [1.82, 2.24) is 5.32 Å². The molecular formula is C9H10ClNO3. The maximum Gasteiger partial charge on any atom is 0.286 e. The van der Waals surface area contributed by atoms with Crippen LogP contribution in [0.4, 0.5) is 0 Å². The predicted octanol–water partition coefficient (Wildman–Crippen LogP) is 1.55. The van der Waals surface area contributed by atoms with E-state index in [2.05, 4.69) is 5.32 Å². The van der Waals surface area contributed by atoms with E-state index in [4.69, 9.17) is 16.0 Å². The fourth-order valence-electron chi connectivity index (χ4n) is 0.924. The maximum absolute atomic E-state index is 11.2. The molecule has 4 nitrogen and oxygen atoms in total. The first kappa shape index (κ1) is 10.8. The molecule has 1 amide bonds. The van der Waals surface area contributed by atoms with E-state index >= 15 is 0 Å². The average molecular weight is 216 g/mol. The van der Waals surface area contributed by atoms with Crippen LogP contribution in [0.25, 0.3) is 0 Å². The number of nitrogens with one attached hydrogen (secondary N) is 1. The first-order chi connectivity index (χ1) is 6.70. The molecule has 0 bridgehead atoms. The van der Waals surface area contributed by atoms with E-state index in [1.807, 2.05) is 0 Å². The van der Waals surface area contributed by atoms with Gasteiger partial charge in [0.05, 0.1) is 6.26 Å². The first-order valence-corrected chi connectivity index (χ1v) is 4.58. The molecule has 0 unspecified atom stereocenters. The second-order valence-electron chi connectivity index (χ2n) is 2.69. The van der Waals surface area contributed by atoms with E-state index in [0.29, 0.717) is 13.0 Å². The van der Waals surface area contributed by atoms with Gasteiger partial charge >= 0.3 is 0 Å². The molecule has 0 spiro atoms. The third-order valence-electron chi connectivity index (χ3n) is 1.58. The number of carbonyl (C=O) groups is 2. The van der Waals surface area contributed by atoms with Crippen molar-refractivity contribution in [3.8, 4) is 0 Å². The summed E-state index contributed by atoms with van der Waals surface area (Å²) in [6, 6.07) is 3.21. The zero-order chi connectivity index (χ0) is 10.4. The Morgan fingerprint density at radius 1 is 1.50 bits per heavy atom. The zero-order valence-electron chi connectivity index (χ0n) is 7.46. The predicted molar refractivity (Wildman–Crippen MR) is 51.1 cm³/mol. The molecule has 0 saturated carbocycles. The van der Waals surface area contributed by atoms with Gasteiger partial charge in [0.2, 0.25) is 5.24 Å². The summed E-state index contributed by atoms with van der Waals surface area (Å²) in [5, 5.41) is 2.21. The van der Waals surface area contributed by atoms with Crippen molar-refractivity contribution in [2.45, 2.75) is 12.8 Å². The second kappa shape index (κ2) is 5.44. The molecule has 0 aromatic carbocycles. The number of carbonyl (C=O) groups excluding carboxylic acids is 2. The van der Waals surface area contributed by atoms with Crippen LogP contribution in [0, 0.1) is 0 Å². The minimum atomic E-state index is -0.391. The van der Waals surface area contributed by atoms with Gasteiger partial charge in [0, 0.05) is 13.0 Å². The van der Waals surface area contributed by atoms with E-state index in [0.717, 1.165) is 0 Å². The lowest BCUT2D eigenvalue weighted by Crippen LogP contribution is -2.24. The summed E-state index contributed by atoms with van der Waals surface area (Å²) in [6.07, 6.45) is 2.23. The molecule has 0 saturated heterocycles. The number of halogens is 1. The van der Waals surface area contributed by atoms with E-state index in [1.54, 1.807) is 12.1 Å².